The topological polar surface area (TPSA) is 61.9 Å². The molecule has 0 aromatic heterocycles. The predicted molar refractivity (Wildman–Crippen MR) is 113 cm³/mol. The SMILES string of the molecule is COc1ccccc1NC(=O)N(C)CCN1C(=O)[C@H](C)S[C@@H]1c1cccc(F)c1. The van der Waals surface area contributed by atoms with E-state index in [0.29, 0.717) is 24.5 Å². The number of nitrogens with one attached hydrogen (secondary N) is 1. The molecule has 2 aromatic rings. The summed E-state index contributed by atoms with van der Waals surface area (Å²) in [4.78, 5) is 28.4. The fourth-order valence-corrected chi connectivity index (χ4v) is 4.44. The van der Waals surface area contributed by atoms with Crippen molar-refractivity contribution < 1.29 is 18.7 Å². The predicted octanol–water partition coefficient (Wildman–Crippen LogP) is 3.96. The Hall–Kier alpha value is -2.74. The molecule has 0 radical (unpaired) electrons. The number of para-hydroxylation sites is 2. The molecule has 8 heteroatoms. The summed E-state index contributed by atoms with van der Waals surface area (Å²) >= 11 is 1.49. The highest BCUT2D eigenvalue weighted by Gasteiger charge is 2.38. The fraction of sp³-hybridized carbons (Fsp3) is 0.333. The lowest BCUT2D eigenvalue weighted by molar-refractivity contribution is -0.129. The van der Waals surface area contributed by atoms with E-state index in [-0.39, 0.29) is 28.4 Å². The van der Waals surface area contributed by atoms with Gasteiger partial charge in [-0.3, -0.25) is 4.79 Å². The zero-order valence-electron chi connectivity index (χ0n) is 16.6. The Morgan fingerprint density at radius 1 is 1.28 bits per heavy atom. The number of amides is 3. The minimum absolute atomic E-state index is 0.0113. The van der Waals surface area contributed by atoms with Gasteiger partial charge in [-0.25, -0.2) is 9.18 Å². The van der Waals surface area contributed by atoms with Gasteiger partial charge in [-0.05, 0) is 36.8 Å². The molecule has 0 bridgehead atoms. The largest absolute Gasteiger partial charge is 0.495 e. The highest BCUT2D eigenvalue weighted by Crippen LogP contribution is 2.42. The van der Waals surface area contributed by atoms with Gasteiger partial charge in [0.15, 0.2) is 0 Å². The van der Waals surface area contributed by atoms with Crippen LogP contribution in [0.4, 0.5) is 14.9 Å². The third-order valence-electron chi connectivity index (χ3n) is 4.75. The van der Waals surface area contributed by atoms with Crippen molar-refractivity contribution in [3.05, 3.63) is 59.9 Å². The van der Waals surface area contributed by atoms with E-state index in [1.54, 1.807) is 37.3 Å². The van der Waals surface area contributed by atoms with Crippen LogP contribution in [0.2, 0.25) is 0 Å². The van der Waals surface area contributed by atoms with Crippen LogP contribution in [0, 0.1) is 5.82 Å². The quantitative estimate of drug-likeness (QED) is 0.773. The Morgan fingerprint density at radius 3 is 2.76 bits per heavy atom. The number of urea groups is 1. The molecule has 1 N–H and O–H groups in total. The summed E-state index contributed by atoms with van der Waals surface area (Å²) in [6.45, 7) is 2.54. The Kier molecular flexibility index (Phi) is 6.64. The number of thioether (sulfide) groups is 1. The third-order valence-corrected chi connectivity index (χ3v) is 6.15. The number of nitrogens with zero attached hydrogens (tertiary/aromatic N) is 2. The molecule has 1 fully saturated rings. The Balaban J connectivity index is 1.65. The van der Waals surface area contributed by atoms with Crippen molar-refractivity contribution >= 4 is 29.4 Å². The van der Waals surface area contributed by atoms with Crippen LogP contribution < -0.4 is 10.1 Å². The van der Waals surface area contributed by atoms with Crippen molar-refractivity contribution in [2.45, 2.75) is 17.5 Å². The van der Waals surface area contributed by atoms with Crippen LogP contribution in [0.1, 0.15) is 17.9 Å². The van der Waals surface area contributed by atoms with Gasteiger partial charge in [-0.1, -0.05) is 24.3 Å². The number of likely N-dealkylation sites (N-methyl/N-ethyl adjacent to an activating group) is 1. The monoisotopic (exact) mass is 417 g/mol. The van der Waals surface area contributed by atoms with Gasteiger partial charge in [0.25, 0.3) is 0 Å². The molecule has 1 aliphatic rings. The van der Waals surface area contributed by atoms with E-state index in [2.05, 4.69) is 5.32 Å². The second-order valence-electron chi connectivity index (χ2n) is 6.77. The zero-order valence-corrected chi connectivity index (χ0v) is 17.4. The summed E-state index contributed by atoms with van der Waals surface area (Å²) < 4.78 is 18.9. The Morgan fingerprint density at radius 2 is 2.03 bits per heavy atom. The molecule has 3 amide bonds. The number of benzene rings is 2. The third kappa shape index (κ3) is 4.82. The Bertz CT molecular complexity index is 895. The molecule has 0 saturated carbocycles. The van der Waals surface area contributed by atoms with Gasteiger partial charge in [0.2, 0.25) is 5.91 Å². The number of hydrogen-bond acceptors (Lipinski definition) is 4. The van der Waals surface area contributed by atoms with Crippen molar-refractivity contribution in [3.63, 3.8) is 0 Å². The number of carbonyl (C=O) groups excluding carboxylic acids is 2. The number of halogens is 1. The maximum atomic E-state index is 13.6. The first-order chi connectivity index (χ1) is 13.9. The van der Waals surface area contributed by atoms with Crippen LogP contribution in [0.15, 0.2) is 48.5 Å². The number of methoxy groups -OCH3 is 1. The van der Waals surface area contributed by atoms with Crippen molar-refractivity contribution in [2.75, 3.05) is 32.6 Å². The van der Waals surface area contributed by atoms with Crippen molar-refractivity contribution in [2.24, 2.45) is 0 Å². The van der Waals surface area contributed by atoms with Crippen LogP contribution in [0.5, 0.6) is 5.75 Å². The normalized spacial score (nSPS) is 18.6. The van der Waals surface area contributed by atoms with Gasteiger partial charge in [-0.2, -0.15) is 0 Å². The van der Waals surface area contributed by atoms with E-state index in [4.69, 9.17) is 4.74 Å². The molecule has 1 saturated heterocycles. The van der Waals surface area contributed by atoms with Crippen LogP contribution >= 0.6 is 11.8 Å². The second-order valence-corrected chi connectivity index (χ2v) is 8.20. The summed E-state index contributed by atoms with van der Waals surface area (Å²) in [5, 5.41) is 2.33. The number of rotatable bonds is 6. The highest BCUT2D eigenvalue weighted by molar-refractivity contribution is 8.01. The molecule has 2 aromatic carbocycles. The number of carbonyl (C=O) groups is 2. The molecule has 0 aliphatic carbocycles. The van der Waals surface area contributed by atoms with Gasteiger partial charge >= 0.3 is 6.03 Å². The molecule has 1 heterocycles. The highest BCUT2D eigenvalue weighted by atomic mass is 32.2. The minimum atomic E-state index is -0.330. The summed E-state index contributed by atoms with van der Waals surface area (Å²) in [5.41, 5.74) is 1.32. The number of ether oxygens (including phenoxy) is 1. The molecular weight excluding hydrogens is 393 g/mol. The van der Waals surface area contributed by atoms with E-state index < -0.39 is 0 Å². The molecule has 154 valence electrons. The molecule has 29 heavy (non-hydrogen) atoms. The Labute approximate surface area is 174 Å². The second kappa shape index (κ2) is 9.17. The van der Waals surface area contributed by atoms with E-state index >= 15 is 0 Å². The summed E-state index contributed by atoms with van der Waals surface area (Å²) in [5.74, 6) is 0.228. The molecule has 0 unspecified atom stereocenters. The van der Waals surface area contributed by atoms with E-state index in [1.807, 2.05) is 25.1 Å². The fourth-order valence-electron chi connectivity index (χ4n) is 3.14. The minimum Gasteiger partial charge on any atom is -0.495 e. The maximum absolute atomic E-state index is 13.6. The first-order valence-electron chi connectivity index (χ1n) is 9.27. The molecule has 1 aliphatic heterocycles. The summed E-state index contributed by atoms with van der Waals surface area (Å²) in [6.07, 6.45) is 0. The molecule has 6 nitrogen and oxygen atoms in total. The lowest BCUT2D eigenvalue weighted by atomic mass is 10.2. The van der Waals surface area contributed by atoms with Crippen LogP contribution in [-0.2, 0) is 4.79 Å². The van der Waals surface area contributed by atoms with Gasteiger partial charge in [0.05, 0.1) is 18.0 Å². The van der Waals surface area contributed by atoms with Crippen molar-refractivity contribution in [1.82, 2.24) is 9.80 Å². The smallest absolute Gasteiger partial charge is 0.321 e. The maximum Gasteiger partial charge on any atom is 0.321 e. The van der Waals surface area contributed by atoms with E-state index in [1.165, 1.54) is 28.8 Å². The lowest BCUT2D eigenvalue weighted by Gasteiger charge is -2.27. The molecular formula is C21H24FN3O3S. The van der Waals surface area contributed by atoms with Gasteiger partial charge in [0, 0.05) is 20.1 Å². The zero-order chi connectivity index (χ0) is 21.0. The van der Waals surface area contributed by atoms with E-state index in [0.717, 1.165) is 5.56 Å². The molecule has 0 spiro atoms. The van der Waals surface area contributed by atoms with Crippen molar-refractivity contribution in [3.8, 4) is 5.75 Å². The van der Waals surface area contributed by atoms with Crippen LogP contribution in [0.3, 0.4) is 0 Å². The molecule has 3 rings (SSSR count). The summed E-state index contributed by atoms with van der Waals surface area (Å²) in [7, 11) is 3.21. The van der Waals surface area contributed by atoms with Gasteiger partial charge < -0.3 is 19.9 Å². The van der Waals surface area contributed by atoms with Gasteiger partial charge in [-0.15, -0.1) is 11.8 Å². The van der Waals surface area contributed by atoms with Gasteiger partial charge in [0.1, 0.15) is 16.9 Å². The standard InChI is InChI=1S/C21H24FN3O3S/c1-14-19(26)25(20(29-14)15-7-6-8-16(22)13-15)12-11-24(2)21(27)23-17-9-4-5-10-18(17)28-3/h4-10,13-14,20H,11-12H2,1-3H3,(H,23,27)/t14-,20+/m0/s1. The lowest BCUT2D eigenvalue weighted by Crippen LogP contribution is -2.40. The average Bonchev–Trinajstić information content (AvgIpc) is 3.00. The summed E-state index contributed by atoms with van der Waals surface area (Å²) in [6, 6.07) is 13.1. The van der Waals surface area contributed by atoms with Crippen LogP contribution in [0.25, 0.3) is 0 Å². The number of hydrogen-bond donors (Lipinski definition) is 1. The first kappa shape index (κ1) is 21.0. The average molecular weight is 418 g/mol. The van der Waals surface area contributed by atoms with E-state index in [9.17, 15) is 14.0 Å². The van der Waals surface area contributed by atoms with Crippen molar-refractivity contribution in [1.29, 1.82) is 0 Å². The number of anilines is 1. The molecule has 2 atom stereocenters. The van der Waals surface area contributed by atoms with Crippen LogP contribution in [-0.4, -0.2) is 54.2 Å². The first-order valence-corrected chi connectivity index (χ1v) is 10.2.